The smallest absolute Gasteiger partial charge is 0.0237 e. The van der Waals surface area contributed by atoms with Crippen molar-refractivity contribution in [2.45, 2.75) is 27.7 Å². The van der Waals surface area contributed by atoms with Crippen molar-refractivity contribution in [3.05, 3.63) is 48.6 Å². The Hall–Kier alpha value is -1.04. The third-order valence-electron chi connectivity index (χ3n) is 1.11. The molecule has 0 amide bonds. The Labute approximate surface area is 77.0 Å². The highest BCUT2D eigenvalue weighted by Gasteiger charge is 1.89. The van der Waals surface area contributed by atoms with Crippen LogP contribution in [0.5, 0.6) is 0 Å². The van der Waals surface area contributed by atoms with Gasteiger partial charge in [0.15, 0.2) is 0 Å². The van der Waals surface area contributed by atoms with Gasteiger partial charge >= 0.3 is 0 Å². The van der Waals surface area contributed by atoms with Crippen molar-refractivity contribution >= 4 is 0 Å². The van der Waals surface area contributed by atoms with E-state index in [-0.39, 0.29) is 0 Å². The Morgan fingerprint density at radius 2 is 1.50 bits per heavy atom. The molecule has 0 aliphatic carbocycles. The fraction of sp³-hybridized carbons (Fsp3) is 0.333. The fourth-order valence-corrected chi connectivity index (χ4v) is 0.622. The van der Waals surface area contributed by atoms with E-state index in [4.69, 9.17) is 0 Å². The summed E-state index contributed by atoms with van der Waals surface area (Å²) < 4.78 is 0. The summed E-state index contributed by atoms with van der Waals surface area (Å²) in [6, 6.07) is 0. The molecule has 0 nitrogen and oxygen atoms in total. The van der Waals surface area contributed by atoms with Gasteiger partial charge in [0, 0.05) is 0 Å². The molecule has 0 aromatic heterocycles. The van der Waals surface area contributed by atoms with E-state index in [9.17, 15) is 0 Å². The molecule has 0 N–H and O–H groups in total. The third-order valence-corrected chi connectivity index (χ3v) is 1.11. The molecule has 0 heterocycles. The first-order valence-electron chi connectivity index (χ1n) is 4.23. The van der Waals surface area contributed by atoms with Crippen LogP contribution in [-0.2, 0) is 0 Å². The Morgan fingerprint density at radius 1 is 1.08 bits per heavy atom. The zero-order valence-electron chi connectivity index (χ0n) is 8.78. The second-order valence-corrected chi connectivity index (χ2v) is 2.43. The molecule has 0 aromatic carbocycles. The van der Waals surface area contributed by atoms with Gasteiger partial charge in [-0.2, -0.15) is 0 Å². The zero-order valence-corrected chi connectivity index (χ0v) is 8.78. The summed E-state index contributed by atoms with van der Waals surface area (Å²) >= 11 is 0. The fourth-order valence-electron chi connectivity index (χ4n) is 0.622. The lowest BCUT2D eigenvalue weighted by Crippen LogP contribution is -1.78. The quantitative estimate of drug-likeness (QED) is 0.546. The van der Waals surface area contributed by atoms with Crippen LogP contribution in [0.25, 0.3) is 0 Å². The average molecular weight is 164 g/mol. The highest BCUT2D eigenvalue weighted by atomic mass is 13.9. The first-order chi connectivity index (χ1) is 5.57. The van der Waals surface area contributed by atoms with Gasteiger partial charge in [-0.1, -0.05) is 56.9 Å². The van der Waals surface area contributed by atoms with Crippen molar-refractivity contribution in [1.29, 1.82) is 0 Å². The molecule has 0 saturated heterocycles. The molecule has 0 heteroatoms. The van der Waals surface area contributed by atoms with Gasteiger partial charge in [0.1, 0.15) is 0 Å². The van der Waals surface area contributed by atoms with E-state index in [1.807, 2.05) is 33.8 Å². The maximum atomic E-state index is 3.80. The second-order valence-electron chi connectivity index (χ2n) is 2.43. The highest BCUT2D eigenvalue weighted by molar-refractivity contribution is 5.39. The van der Waals surface area contributed by atoms with Gasteiger partial charge in [-0.3, -0.25) is 0 Å². The summed E-state index contributed by atoms with van der Waals surface area (Å²) in [6.45, 7) is 19.1. The summed E-state index contributed by atoms with van der Waals surface area (Å²) in [5.41, 5.74) is 3.11. The minimum Gasteiger partial charge on any atom is -0.0985 e. The predicted octanol–water partition coefficient (Wildman–Crippen LogP) is 4.28. The van der Waals surface area contributed by atoms with Crippen molar-refractivity contribution in [2.24, 2.45) is 0 Å². The van der Waals surface area contributed by atoms with Gasteiger partial charge in [0.2, 0.25) is 0 Å². The summed E-state index contributed by atoms with van der Waals surface area (Å²) in [5.74, 6) is 0. The zero-order chi connectivity index (χ0) is 10.1. The van der Waals surface area contributed by atoms with Crippen molar-refractivity contribution in [3.63, 3.8) is 0 Å². The molecule has 68 valence electrons. The van der Waals surface area contributed by atoms with Gasteiger partial charge in [0.25, 0.3) is 0 Å². The van der Waals surface area contributed by atoms with Crippen LogP contribution in [0.3, 0.4) is 0 Å². The largest absolute Gasteiger partial charge is 0.0985 e. The van der Waals surface area contributed by atoms with Crippen LogP contribution in [0.15, 0.2) is 48.6 Å². The topological polar surface area (TPSA) is 0 Å². The Morgan fingerprint density at radius 3 is 1.58 bits per heavy atom. The number of hydrogen-bond donors (Lipinski definition) is 0. The molecular formula is C12H20. The maximum Gasteiger partial charge on any atom is -0.0237 e. The van der Waals surface area contributed by atoms with E-state index >= 15 is 0 Å². The molecule has 0 bridgehead atoms. The molecule has 0 aliphatic rings. The van der Waals surface area contributed by atoms with Gasteiger partial charge < -0.3 is 0 Å². The summed E-state index contributed by atoms with van der Waals surface area (Å²) in [5, 5.41) is 0. The summed E-state index contributed by atoms with van der Waals surface area (Å²) in [6.07, 6.45) is 3.76. The van der Waals surface area contributed by atoms with Gasteiger partial charge in [-0.25, -0.2) is 0 Å². The van der Waals surface area contributed by atoms with Crippen molar-refractivity contribution in [1.82, 2.24) is 0 Å². The van der Waals surface area contributed by atoms with Crippen LogP contribution in [0.4, 0.5) is 0 Å². The Bertz CT molecular complexity index is 192. The molecule has 0 atom stereocenters. The summed E-state index contributed by atoms with van der Waals surface area (Å²) in [4.78, 5) is 0. The van der Waals surface area contributed by atoms with Crippen LogP contribution < -0.4 is 0 Å². The number of rotatable bonds is 3. The van der Waals surface area contributed by atoms with E-state index in [1.54, 1.807) is 6.08 Å². The highest BCUT2D eigenvalue weighted by Crippen LogP contribution is 2.09. The van der Waals surface area contributed by atoms with Crippen LogP contribution >= 0.6 is 0 Å². The molecule has 12 heavy (non-hydrogen) atoms. The number of hydrogen-bond acceptors (Lipinski definition) is 0. The Kier molecular flexibility index (Phi) is 9.10. The van der Waals surface area contributed by atoms with Crippen LogP contribution in [-0.4, -0.2) is 0 Å². The first-order valence-corrected chi connectivity index (χ1v) is 4.23. The molecule has 0 spiro atoms. The molecule has 0 aliphatic heterocycles. The lowest BCUT2D eigenvalue weighted by Gasteiger charge is -1.98. The lowest BCUT2D eigenvalue weighted by molar-refractivity contribution is 1.42. The molecule has 0 unspecified atom stereocenters. The van der Waals surface area contributed by atoms with E-state index in [0.717, 1.165) is 16.7 Å². The monoisotopic (exact) mass is 164 g/mol. The molecule has 0 rings (SSSR count). The minimum atomic E-state index is 1.03. The van der Waals surface area contributed by atoms with Crippen molar-refractivity contribution < 1.29 is 0 Å². The second kappa shape index (κ2) is 8.06. The van der Waals surface area contributed by atoms with Crippen LogP contribution in [0.2, 0.25) is 0 Å². The lowest BCUT2D eigenvalue weighted by atomic mass is 10.1. The molecule has 0 saturated carbocycles. The molecule has 0 radical (unpaired) electrons. The van der Waals surface area contributed by atoms with E-state index in [2.05, 4.69) is 19.7 Å². The van der Waals surface area contributed by atoms with E-state index < -0.39 is 0 Å². The van der Waals surface area contributed by atoms with E-state index in [1.165, 1.54) is 0 Å². The van der Waals surface area contributed by atoms with Gasteiger partial charge in [0.05, 0.1) is 0 Å². The van der Waals surface area contributed by atoms with E-state index in [0.29, 0.717) is 0 Å². The SMILES string of the molecule is C=C/C(=C/C(=C)C)C(=C)C.CC. The molecule has 0 fully saturated rings. The Balaban J connectivity index is 0. The molecular weight excluding hydrogens is 144 g/mol. The summed E-state index contributed by atoms with van der Waals surface area (Å²) in [7, 11) is 0. The van der Waals surface area contributed by atoms with Gasteiger partial charge in [-0.15, -0.1) is 0 Å². The maximum absolute atomic E-state index is 3.80. The van der Waals surface area contributed by atoms with Crippen LogP contribution in [0.1, 0.15) is 27.7 Å². The third kappa shape index (κ3) is 7.07. The minimum absolute atomic E-state index is 1.03. The average Bonchev–Trinajstić information content (AvgIpc) is 2.03. The number of allylic oxidation sites excluding steroid dienone is 5. The molecule has 0 aromatic rings. The normalized spacial score (nSPS) is 9.50. The van der Waals surface area contributed by atoms with Crippen molar-refractivity contribution in [3.8, 4) is 0 Å². The van der Waals surface area contributed by atoms with Gasteiger partial charge in [-0.05, 0) is 19.4 Å². The first kappa shape index (κ1) is 13.5. The predicted molar refractivity (Wildman–Crippen MR) is 59.3 cm³/mol. The van der Waals surface area contributed by atoms with Crippen LogP contribution in [0, 0.1) is 0 Å². The van der Waals surface area contributed by atoms with Crippen molar-refractivity contribution in [2.75, 3.05) is 0 Å². The standard InChI is InChI=1S/C10H14.C2H6/c1-6-10(9(4)5)7-8(2)3;1-2/h6-7H,1-2,4H2,3,5H3;1-2H3/b10-7-;.